The molecule has 12 heteroatoms. The van der Waals surface area contributed by atoms with E-state index in [1.807, 2.05) is 48.5 Å². The molecule has 2 rings (SSSR count). The van der Waals surface area contributed by atoms with Crippen LogP contribution in [0.15, 0.2) is 58.6 Å². The molecule has 0 unspecified atom stereocenters. The predicted molar refractivity (Wildman–Crippen MR) is 193 cm³/mol. The van der Waals surface area contributed by atoms with E-state index in [1.165, 1.54) is 0 Å². The minimum absolute atomic E-state index is 0.0915. The molecule has 0 spiro atoms. The topological polar surface area (TPSA) is 176 Å². The largest absolute Gasteiger partial charge is 0.494 e. The second-order valence-corrected chi connectivity index (χ2v) is 12.1. The number of hydroxylamine groups is 1. The molecule has 4 N–H and O–H groups in total. The SMILES string of the molecule is O=C(CO)CCCCCCC(=O)N/N=C/c1ccc(OCCCCCCOc2ccc(C=NCC(=O)CCCCCCC(=O)NO)cc2)cc1. The van der Waals surface area contributed by atoms with Crippen molar-refractivity contribution in [2.75, 3.05) is 26.4 Å². The van der Waals surface area contributed by atoms with Crippen LogP contribution < -0.4 is 20.4 Å². The van der Waals surface area contributed by atoms with Gasteiger partial charge in [-0.05, 0) is 111 Å². The molecule has 0 fully saturated rings. The number of hydrogen-bond acceptors (Lipinski definition) is 10. The van der Waals surface area contributed by atoms with Gasteiger partial charge in [-0.15, -0.1) is 0 Å². The molecule has 0 saturated carbocycles. The van der Waals surface area contributed by atoms with Crippen LogP contribution in [0.1, 0.15) is 114 Å². The molecule has 0 bridgehead atoms. The third-order valence-corrected chi connectivity index (χ3v) is 7.77. The van der Waals surface area contributed by atoms with Gasteiger partial charge in [-0.1, -0.05) is 25.7 Å². The molecule has 12 nitrogen and oxygen atoms in total. The van der Waals surface area contributed by atoms with E-state index in [0.29, 0.717) is 45.3 Å². The number of ether oxygens (including phenoxy) is 2. The molecular formula is C38H54N4O8. The van der Waals surface area contributed by atoms with Gasteiger partial charge in [-0.25, -0.2) is 10.9 Å². The molecule has 0 aliphatic carbocycles. The van der Waals surface area contributed by atoms with Gasteiger partial charge >= 0.3 is 0 Å². The van der Waals surface area contributed by atoms with E-state index in [4.69, 9.17) is 19.8 Å². The first kappa shape index (κ1) is 41.7. The van der Waals surface area contributed by atoms with E-state index in [9.17, 15) is 19.2 Å². The first-order valence-electron chi connectivity index (χ1n) is 17.7. The van der Waals surface area contributed by atoms with Gasteiger partial charge in [0.05, 0.1) is 26.0 Å². The van der Waals surface area contributed by atoms with Crippen molar-refractivity contribution in [3.63, 3.8) is 0 Å². The van der Waals surface area contributed by atoms with Crippen LogP contribution in [0.5, 0.6) is 11.5 Å². The summed E-state index contributed by atoms with van der Waals surface area (Å²) in [5.41, 5.74) is 5.91. The fraction of sp³-hybridized carbons (Fsp3) is 0.526. The van der Waals surface area contributed by atoms with Crippen molar-refractivity contribution in [1.82, 2.24) is 10.9 Å². The van der Waals surface area contributed by atoms with Crippen LogP contribution in [0, 0.1) is 0 Å². The highest BCUT2D eigenvalue weighted by Crippen LogP contribution is 2.14. The summed E-state index contributed by atoms with van der Waals surface area (Å²) < 4.78 is 11.7. The Morgan fingerprint density at radius 1 is 0.580 bits per heavy atom. The van der Waals surface area contributed by atoms with E-state index in [2.05, 4.69) is 15.5 Å². The lowest BCUT2D eigenvalue weighted by atomic mass is 10.1. The van der Waals surface area contributed by atoms with Crippen molar-refractivity contribution in [2.45, 2.75) is 103 Å². The van der Waals surface area contributed by atoms with Crippen molar-refractivity contribution >= 4 is 35.8 Å². The maximum Gasteiger partial charge on any atom is 0.243 e. The lowest BCUT2D eigenvalue weighted by Gasteiger charge is -2.08. The summed E-state index contributed by atoms with van der Waals surface area (Å²) in [5, 5.41) is 21.2. The smallest absolute Gasteiger partial charge is 0.243 e. The first-order valence-corrected chi connectivity index (χ1v) is 17.7. The van der Waals surface area contributed by atoms with Crippen LogP contribution in [0.4, 0.5) is 0 Å². The molecule has 274 valence electrons. The highest BCUT2D eigenvalue weighted by atomic mass is 16.5. The van der Waals surface area contributed by atoms with E-state index in [1.54, 1.807) is 17.9 Å². The zero-order valence-corrected chi connectivity index (χ0v) is 29.2. The molecule has 0 aromatic heterocycles. The number of unbranched alkanes of at least 4 members (excludes halogenated alkanes) is 9. The number of hydrogen-bond donors (Lipinski definition) is 4. The predicted octanol–water partition coefficient (Wildman–Crippen LogP) is 5.89. The van der Waals surface area contributed by atoms with E-state index < -0.39 is 6.61 Å². The van der Waals surface area contributed by atoms with E-state index >= 15 is 0 Å². The van der Waals surface area contributed by atoms with Crippen LogP contribution in [0.2, 0.25) is 0 Å². The molecule has 50 heavy (non-hydrogen) atoms. The second-order valence-electron chi connectivity index (χ2n) is 12.1. The summed E-state index contributed by atoms with van der Waals surface area (Å²) in [4.78, 5) is 50.2. The Labute approximate surface area is 295 Å². The number of benzene rings is 2. The monoisotopic (exact) mass is 694 g/mol. The normalized spacial score (nSPS) is 11.2. The fourth-order valence-corrected chi connectivity index (χ4v) is 4.86. The van der Waals surface area contributed by atoms with Gasteiger partial charge in [0.25, 0.3) is 0 Å². The van der Waals surface area contributed by atoms with Gasteiger partial charge in [-0.3, -0.25) is 29.4 Å². The third kappa shape index (κ3) is 21.5. The molecule has 2 aromatic rings. The number of nitrogens with zero attached hydrogens (tertiary/aromatic N) is 2. The van der Waals surface area contributed by atoms with Crippen molar-refractivity contribution < 1.29 is 39.0 Å². The number of carbonyl (C=O) groups excluding carboxylic acids is 4. The zero-order valence-electron chi connectivity index (χ0n) is 29.2. The molecule has 0 aliphatic rings. The van der Waals surface area contributed by atoms with Gasteiger partial charge in [0.15, 0.2) is 11.6 Å². The van der Waals surface area contributed by atoms with Crippen molar-refractivity contribution in [2.24, 2.45) is 10.1 Å². The lowest BCUT2D eigenvalue weighted by molar-refractivity contribution is -0.129. The first-order chi connectivity index (χ1) is 24.4. The maximum absolute atomic E-state index is 12.0. The van der Waals surface area contributed by atoms with Crippen LogP contribution in [-0.4, -0.2) is 72.5 Å². The Hall–Kier alpha value is -4.42. The molecular weight excluding hydrogens is 640 g/mol. The second kappa shape index (κ2) is 27.4. The molecule has 0 aliphatic heterocycles. The van der Waals surface area contributed by atoms with Gasteiger partial charge in [0, 0.05) is 31.9 Å². The summed E-state index contributed by atoms with van der Waals surface area (Å²) >= 11 is 0. The molecule has 0 saturated heterocycles. The van der Waals surface area contributed by atoms with Gasteiger partial charge in [0.1, 0.15) is 18.1 Å². The number of rotatable bonds is 29. The minimum Gasteiger partial charge on any atom is -0.494 e. The summed E-state index contributed by atoms with van der Waals surface area (Å²) in [6, 6.07) is 15.2. The Morgan fingerprint density at radius 3 is 1.56 bits per heavy atom. The molecule has 0 atom stereocenters. The highest BCUT2D eigenvalue weighted by molar-refractivity contribution is 5.85. The number of aliphatic imine (C=N–C) groups is 1. The lowest BCUT2D eigenvalue weighted by Crippen LogP contribution is -2.17. The van der Waals surface area contributed by atoms with Crippen molar-refractivity contribution in [3.8, 4) is 11.5 Å². The molecule has 2 amide bonds. The number of aliphatic hydroxyl groups is 1. The summed E-state index contributed by atoms with van der Waals surface area (Å²) in [6.07, 6.45) is 15.2. The highest BCUT2D eigenvalue weighted by Gasteiger charge is 2.04. The number of hydrazone groups is 1. The average molecular weight is 695 g/mol. The average Bonchev–Trinajstić information content (AvgIpc) is 3.13. The van der Waals surface area contributed by atoms with E-state index in [0.717, 1.165) is 93.3 Å². The van der Waals surface area contributed by atoms with Crippen molar-refractivity contribution in [1.29, 1.82) is 0 Å². The Bertz CT molecular complexity index is 1210. The van der Waals surface area contributed by atoms with Crippen LogP contribution in [-0.2, 0) is 19.2 Å². The Kier molecular flexibility index (Phi) is 22.9. The number of ketones is 2. The van der Waals surface area contributed by atoms with Gasteiger partial charge in [-0.2, -0.15) is 5.10 Å². The fourth-order valence-electron chi connectivity index (χ4n) is 4.86. The van der Waals surface area contributed by atoms with Crippen LogP contribution in [0.25, 0.3) is 0 Å². The number of carbonyl (C=O) groups is 4. The molecule has 0 radical (unpaired) electrons. The van der Waals surface area contributed by atoms with Gasteiger partial charge in [0.2, 0.25) is 11.8 Å². The summed E-state index contributed by atoms with van der Waals surface area (Å²) in [7, 11) is 0. The molecule has 2 aromatic carbocycles. The Balaban J connectivity index is 1.46. The quantitative estimate of drug-likeness (QED) is 0.0353. The molecule has 0 heterocycles. The minimum atomic E-state index is -0.400. The van der Waals surface area contributed by atoms with Gasteiger partial charge < -0.3 is 14.6 Å². The third-order valence-electron chi connectivity index (χ3n) is 7.77. The number of nitrogens with one attached hydrogen (secondary N) is 2. The summed E-state index contributed by atoms with van der Waals surface area (Å²) in [6.45, 7) is 1.02. The summed E-state index contributed by atoms with van der Waals surface area (Å²) in [5.74, 6) is 1.00. The van der Waals surface area contributed by atoms with E-state index in [-0.39, 0.29) is 29.9 Å². The number of Topliss-reactive ketones (excluding diaryl/α,β-unsaturated/α-hetero) is 2. The Morgan fingerprint density at radius 2 is 1.04 bits per heavy atom. The number of amides is 2. The standard InChI is InChI=1S/C38H54N4O8/c43-30-34(45)14-8-2-3-9-15-37(46)41-40-28-32-19-23-36(24-20-32)50-26-12-6-5-11-25-49-35-21-17-31(18-22-35)27-39-29-33(44)13-7-1-4-10-16-38(47)42-48/h17-24,27-28,43,48H,1-16,25-26,29-30H2,(H,41,46)(H,42,47)/b39-27?,40-28+. The maximum atomic E-state index is 12.0. The number of aliphatic hydroxyl groups excluding tert-OH is 1. The van der Waals surface area contributed by atoms with Crippen molar-refractivity contribution in [3.05, 3.63) is 59.7 Å². The van der Waals surface area contributed by atoms with Crippen LogP contribution in [0.3, 0.4) is 0 Å². The van der Waals surface area contributed by atoms with Crippen LogP contribution >= 0.6 is 0 Å². The zero-order chi connectivity index (χ0) is 36.1.